The van der Waals surface area contributed by atoms with E-state index in [9.17, 15) is 18.5 Å². The van der Waals surface area contributed by atoms with Crippen molar-refractivity contribution in [3.8, 4) is 0 Å². The van der Waals surface area contributed by atoms with E-state index in [0.717, 1.165) is 16.7 Å². The van der Waals surface area contributed by atoms with Gasteiger partial charge in [-0.2, -0.15) is 0 Å². The number of nitrogens with zero attached hydrogens (tertiary/aromatic N) is 1. The SMILES string of the molecule is Cc1ccc(S(=O)(=O)NCCCSc2ccccc2)cc1[N+](=O)[O-]. The number of benzene rings is 2. The summed E-state index contributed by atoms with van der Waals surface area (Å²) in [6, 6.07) is 13.8. The van der Waals surface area contributed by atoms with E-state index in [0.29, 0.717) is 12.0 Å². The van der Waals surface area contributed by atoms with Gasteiger partial charge < -0.3 is 0 Å². The minimum absolute atomic E-state index is 0.0875. The molecule has 0 amide bonds. The summed E-state index contributed by atoms with van der Waals surface area (Å²) in [5.41, 5.74) is 0.232. The number of nitrogens with one attached hydrogen (secondary N) is 1. The molecule has 0 atom stereocenters. The number of thioether (sulfide) groups is 1. The molecule has 0 heterocycles. The third-order valence-corrected chi connectivity index (χ3v) is 5.87. The van der Waals surface area contributed by atoms with Crippen molar-refractivity contribution >= 4 is 27.5 Å². The summed E-state index contributed by atoms with van der Waals surface area (Å²) in [4.78, 5) is 11.4. The maximum absolute atomic E-state index is 12.2. The standard InChI is InChI=1S/C16H18N2O4S2/c1-13-8-9-15(12-16(13)18(19)20)24(21,22)17-10-5-11-23-14-6-3-2-4-7-14/h2-4,6-9,12,17H,5,10-11H2,1H3. The van der Waals surface area contributed by atoms with Gasteiger partial charge in [0.1, 0.15) is 0 Å². The molecule has 8 heteroatoms. The molecule has 0 aromatic heterocycles. The van der Waals surface area contributed by atoms with Crippen molar-refractivity contribution in [1.29, 1.82) is 0 Å². The second kappa shape index (κ2) is 8.27. The van der Waals surface area contributed by atoms with Gasteiger partial charge in [0.25, 0.3) is 5.69 Å². The Morgan fingerprint density at radius 1 is 1.17 bits per heavy atom. The van der Waals surface area contributed by atoms with Gasteiger partial charge in [0.15, 0.2) is 0 Å². The molecule has 0 bridgehead atoms. The Kier molecular flexibility index (Phi) is 6.36. The molecule has 0 saturated carbocycles. The topological polar surface area (TPSA) is 89.3 Å². The van der Waals surface area contributed by atoms with Crippen LogP contribution in [0.3, 0.4) is 0 Å². The molecule has 2 aromatic rings. The van der Waals surface area contributed by atoms with Gasteiger partial charge in [0, 0.05) is 23.1 Å². The van der Waals surface area contributed by atoms with Crippen molar-refractivity contribution in [2.24, 2.45) is 0 Å². The predicted octanol–water partition coefficient (Wildman–Crippen LogP) is 3.36. The first-order valence-electron chi connectivity index (χ1n) is 7.33. The minimum atomic E-state index is -3.74. The molecule has 2 aromatic carbocycles. The number of sulfonamides is 1. The zero-order valence-electron chi connectivity index (χ0n) is 13.1. The fraction of sp³-hybridized carbons (Fsp3) is 0.250. The zero-order chi connectivity index (χ0) is 17.6. The van der Waals surface area contributed by atoms with Gasteiger partial charge in [-0.25, -0.2) is 13.1 Å². The van der Waals surface area contributed by atoms with Crippen LogP contribution in [0.15, 0.2) is 58.3 Å². The lowest BCUT2D eigenvalue weighted by molar-refractivity contribution is -0.385. The highest BCUT2D eigenvalue weighted by atomic mass is 32.2. The first-order chi connectivity index (χ1) is 11.4. The van der Waals surface area contributed by atoms with Crippen LogP contribution in [0.5, 0.6) is 0 Å². The van der Waals surface area contributed by atoms with Crippen molar-refractivity contribution in [3.63, 3.8) is 0 Å². The molecular weight excluding hydrogens is 348 g/mol. The van der Waals surface area contributed by atoms with Crippen LogP contribution in [0.4, 0.5) is 5.69 Å². The number of nitro benzene ring substituents is 1. The molecule has 0 unspecified atom stereocenters. The summed E-state index contributed by atoms with van der Waals surface area (Å²) in [5.74, 6) is 0.778. The minimum Gasteiger partial charge on any atom is -0.258 e. The second-order valence-electron chi connectivity index (χ2n) is 5.12. The van der Waals surface area contributed by atoms with Crippen LogP contribution < -0.4 is 4.72 Å². The number of hydrogen-bond donors (Lipinski definition) is 1. The van der Waals surface area contributed by atoms with Gasteiger partial charge >= 0.3 is 0 Å². The zero-order valence-corrected chi connectivity index (χ0v) is 14.8. The molecule has 6 nitrogen and oxygen atoms in total. The summed E-state index contributed by atoms with van der Waals surface area (Å²) in [6.45, 7) is 1.85. The highest BCUT2D eigenvalue weighted by Crippen LogP contribution is 2.22. The van der Waals surface area contributed by atoms with Crippen molar-refractivity contribution in [2.45, 2.75) is 23.1 Å². The summed E-state index contributed by atoms with van der Waals surface area (Å²) < 4.78 is 26.9. The lowest BCUT2D eigenvalue weighted by Crippen LogP contribution is -2.25. The normalized spacial score (nSPS) is 11.4. The number of aryl methyl sites for hydroxylation is 1. The summed E-state index contributed by atoms with van der Waals surface area (Å²) >= 11 is 1.65. The molecular formula is C16H18N2O4S2. The molecule has 0 spiro atoms. The predicted molar refractivity (Wildman–Crippen MR) is 94.8 cm³/mol. The van der Waals surface area contributed by atoms with Crippen LogP contribution in [0.1, 0.15) is 12.0 Å². The maximum Gasteiger partial charge on any atom is 0.273 e. The smallest absolute Gasteiger partial charge is 0.258 e. The second-order valence-corrected chi connectivity index (χ2v) is 8.05. The molecule has 2 rings (SSSR count). The highest BCUT2D eigenvalue weighted by molar-refractivity contribution is 7.99. The molecule has 0 aliphatic heterocycles. The monoisotopic (exact) mass is 366 g/mol. The highest BCUT2D eigenvalue weighted by Gasteiger charge is 2.19. The quantitative estimate of drug-likeness (QED) is 0.335. The van der Waals surface area contributed by atoms with Crippen LogP contribution in [-0.2, 0) is 10.0 Å². The van der Waals surface area contributed by atoms with Crippen molar-refractivity contribution in [2.75, 3.05) is 12.3 Å². The molecule has 0 fully saturated rings. The van der Waals surface area contributed by atoms with E-state index in [1.807, 2.05) is 30.3 Å². The molecule has 24 heavy (non-hydrogen) atoms. The van der Waals surface area contributed by atoms with Gasteiger partial charge in [0.05, 0.1) is 9.82 Å². The number of rotatable bonds is 8. The van der Waals surface area contributed by atoms with Crippen LogP contribution >= 0.6 is 11.8 Å². The Morgan fingerprint density at radius 2 is 1.88 bits per heavy atom. The maximum atomic E-state index is 12.2. The van der Waals surface area contributed by atoms with Gasteiger partial charge in [-0.15, -0.1) is 11.8 Å². The summed E-state index contributed by atoms with van der Waals surface area (Å²) in [7, 11) is -3.74. The van der Waals surface area contributed by atoms with E-state index in [4.69, 9.17) is 0 Å². The van der Waals surface area contributed by atoms with E-state index in [2.05, 4.69) is 4.72 Å². The Labute approximate surface area is 145 Å². The van der Waals surface area contributed by atoms with Gasteiger partial charge in [-0.05, 0) is 37.3 Å². The van der Waals surface area contributed by atoms with E-state index >= 15 is 0 Å². The fourth-order valence-corrected chi connectivity index (χ4v) is 3.99. The summed E-state index contributed by atoms with van der Waals surface area (Å²) in [6.07, 6.45) is 0.659. The van der Waals surface area contributed by atoms with Crippen molar-refractivity contribution in [1.82, 2.24) is 4.72 Å². The Bertz CT molecular complexity index is 808. The van der Waals surface area contributed by atoms with Crippen LogP contribution in [0, 0.1) is 17.0 Å². The average Bonchev–Trinajstić information content (AvgIpc) is 2.55. The van der Waals surface area contributed by atoms with Crippen LogP contribution in [-0.4, -0.2) is 25.6 Å². The average molecular weight is 366 g/mol. The fourth-order valence-electron chi connectivity index (χ4n) is 2.02. The van der Waals surface area contributed by atoms with Crippen molar-refractivity contribution in [3.05, 3.63) is 64.2 Å². The van der Waals surface area contributed by atoms with Crippen LogP contribution in [0.25, 0.3) is 0 Å². The third-order valence-electron chi connectivity index (χ3n) is 3.31. The van der Waals surface area contributed by atoms with E-state index < -0.39 is 14.9 Å². The van der Waals surface area contributed by atoms with E-state index in [1.54, 1.807) is 18.7 Å². The third kappa shape index (κ3) is 5.05. The van der Waals surface area contributed by atoms with Crippen molar-refractivity contribution < 1.29 is 13.3 Å². The first kappa shape index (κ1) is 18.4. The number of nitro groups is 1. The Morgan fingerprint density at radius 3 is 2.54 bits per heavy atom. The molecule has 1 N–H and O–H groups in total. The molecule has 128 valence electrons. The summed E-state index contributed by atoms with van der Waals surface area (Å²) in [5, 5.41) is 10.9. The Balaban J connectivity index is 1.89. The molecule has 0 aliphatic rings. The lowest BCUT2D eigenvalue weighted by atomic mass is 10.2. The largest absolute Gasteiger partial charge is 0.273 e. The molecule has 0 radical (unpaired) electrons. The lowest BCUT2D eigenvalue weighted by Gasteiger charge is -2.07. The first-order valence-corrected chi connectivity index (χ1v) is 9.79. The Hall–Kier alpha value is -1.90. The molecule has 0 aliphatic carbocycles. The van der Waals surface area contributed by atoms with Gasteiger partial charge in [-0.3, -0.25) is 10.1 Å². The van der Waals surface area contributed by atoms with Gasteiger partial charge in [-0.1, -0.05) is 24.3 Å². The van der Waals surface area contributed by atoms with Gasteiger partial charge in [0.2, 0.25) is 10.0 Å². The number of hydrogen-bond acceptors (Lipinski definition) is 5. The molecule has 0 saturated heterocycles. The van der Waals surface area contributed by atoms with Crippen LogP contribution in [0.2, 0.25) is 0 Å². The van der Waals surface area contributed by atoms with E-state index in [-0.39, 0.29) is 17.1 Å². The van der Waals surface area contributed by atoms with E-state index in [1.165, 1.54) is 12.1 Å².